The van der Waals surface area contributed by atoms with E-state index in [0.29, 0.717) is 12.2 Å². The Morgan fingerprint density at radius 3 is 2.89 bits per heavy atom. The van der Waals surface area contributed by atoms with Crippen LogP contribution in [0.25, 0.3) is 0 Å². The van der Waals surface area contributed by atoms with Crippen LogP contribution in [0.3, 0.4) is 0 Å². The normalized spacial score (nSPS) is 27.0. The molecular weight excluding hydrogens is 242 g/mol. The zero-order valence-electron chi connectivity index (χ0n) is 11.7. The Bertz CT molecular complexity index is 490. The van der Waals surface area contributed by atoms with Crippen LogP contribution in [0, 0.1) is 19.3 Å². The fraction of sp³-hybridized carbons (Fsp3) is 0.643. The third-order valence-electron chi connectivity index (χ3n) is 4.08. The van der Waals surface area contributed by atoms with E-state index in [1.165, 1.54) is 0 Å². The number of rotatable bonds is 3. The number of aliphatic carboxylic acids is 1. The van der Waals surface area contributed by atoms with Crippen LogP contribution in [0.1, 0.15) is 44.0 Å². The highest BCUT2D eigenvalue weighted by atomic mass is 16.4. The number of carboxylic acids is 1. The van der Waals surface area contributed by atoms with E-state index in [9.17, 15) is 9.90 Å². The molecule has 2 unspecified atom stereocenters. The minimum Gasteiger partial charge on any atom is -0.481 e. The van der Waals surface area contributed by atoms with Crippen LogP contribution in [-0.4, -0.2) is 27.1 Å². The topological polar surface area (TPSA) is 75.1 Å². The Morgan fingerprint density at radius 2 is 2.21 bits per heavy atom. The number of aromatic nitrogens is 2. The molecule has 1 heterocycles. The Hall–Kier alpha value is -1.65. The maximum absolute atomic E-state index is 11.6. The zero-order chi connectivity index (χ0) is 14.0. The van der Waals surface area contributed by atoms with Gasteiger partial charge in [0.2, 0.25) is 0 Å². The van der Waals surface area contributed by atoms with Crippen molar-refractivity contribution in [2.45, 2.75) is 52.5 Å². The van der Waals surface area contributed by atoms with Gasteiger partial charge >= 0.3 is 5.97 Å². The average molecular weight is 263 g/mol. The summed E-state index contributed by atoms with van der Waals surface area (Å²) in [5.41, 5.74) is 0.917. The van der Waals surface area contributed by atoms with Gasteiger partial charge in [-0.3, -0.25) is 9.78 Å². The summed E-state index contributed by atoms with van der Waals surface area (Å²) in [6.07, 6.45) is 5.31. The Balaban J connectivity index is 2.25. The molecule has 2 N–H and O–H groups in total. The first kappa shape index (κ1) is 13.8. The molecule has 1 fully saturated rings. The van der Waals surface area contributed by atoms with E-state index in [4.69, 9.17) is 0 Å². The monoisotopic (exact) mass is 263 g/mol. The maximum Gasteiger partial charge on any atom is 0.311 e. The molecule has 104 valence electrons. The van der Waals surface area contributed by atoms with Crippen molar-refractivity contribution in [2.75, 3.05) is 5.32 Å². The van der Waals surface area contributed by atoms with Crippen molar-refractivity contribution in [3.63, 3.8) is 0 Å². The fourth-order valence-corrected chi connectivity index (χ4v) is 2.66. The molecule has 0 saturated heterocycles. The molecule has 19 heavy (non-hydrogen) atoms. The van der Waals surface area contributed by atoms with E-state index in [1.807, 2.05) is 20.8 Å². The van der Waals surface area contributed by atoms with Crippen LogP contribution in [0.5, 0.6) is 0 Å². The van der Waals surface area contributed by atoms with Crippen LogP contribution >= 0.6 is 0 Å². The Labute approximate surface area is 113 Å². The standard InChI is InChI=1S/C14H21N3O2/c1-9-8-15-10(2)12(16-9)17-11-6-4-5-7-14(11,3)13(18)19/h8,11H,4-7H2,1-3H3,(H,16,17)(H,18,19). The third kappa shape index (κ3) is 2.69. The molecule has 1 aliphatic rings. The molecule has 0 aliphatic heterocycles. The van der Waals surface area contributed by atoms with Crippen LogP contribution in [0.15, 0.2) is 6.20 Å². The van der Waals surface area contributed by atoms with Crippen molar-refractivity contribution in [1.82, 2.24) is 9.97 Å². The minimum atomic E-state index is -0.733. The van der Waals surface area contributed by atoms with Crippen molar-refractivity contribution >= 4 is 11.8 Å². The van der Waals surface area contributed by atoms with Gasteiger partial charge < -0.3 is 10.4 Å². The van der Waals surface area contributed by atoms with Gasteiger partial charge in [0.25, 0.3) is 0 Å². The van der Waals surface area contributed by atoms with Crippen molar-refractivity contribution in [1.29, 1.82) is 0 Å². The van der Waals surface area contributed by atoms with Crippen molar-refractivity contribution in [2.24, 2.45) is 5.41 Å². The van der Waals surface area contributed by atoms with Gasteiger partial charge in [-0.15, -0.1) is 0 Å². The van der Waals surface area contributed by atoms with E-state index in [1.54, 1.807) is 6.20 Å². The van der Waals surface area contributed by atoms with Gasteiger partial charge in [-0.05, 0) is 33.6 Å². The number of hydrogen-bond acceptors (Lipinski definition) is 4. The second-order valence-electron chi connectivity index (χ2n) is 5.61. The zero-order valence-corrected chi connectivity index (χ0v) is 11.7. The fourth-order valence-electron chi connectivity index (χ4n) is 2.66. The first-order valence-corrected chi connectivity index (χ1v) is 6.73. The van der Waals surface area contributed by atoms with Gasteiger partial charge in [0, 0.05) is 12.2 Å². The molecule has 0 amide bonds. The summed E-state index contributed by atoms with van der Waals surface area (Å²) in [6.45, 7) is 5.59. The lowest BCUT2D eigenvalue weighted by Crippen LogP contribution is -2.47. The molecule has 0 aromatic carbocycles. The molecule has 5 nitrogen and oxygen atoms in total. The van der Waals surface area contributed by atoms with Crippen LogP contribution in [-0.2, 0) is 4.79 Å². The number of carbonyl (C=O) groups is 1. The summed E-state index contributed by atoms with van der Waals surface area (Å²) < 4.78 is 0. The number of nitrogens with one attached hydrogen (secondary N) is 1. The summed E-state index contributed by atoms with van der Waals surface area (Å²) in [4.78, 5) is 20.2. The average Bonchev–Trinajstić information content (AvgIpc) is 2.36. The van der Waals surface area contributed by atoms with Gasteiger partial charge in [-0.2, -0.15) is 0 Å². The lowest BCUT2D eigenvalue weighted by Gasteiger charge is -2.38. The molecule has 0 spiro atoms. The SMILES string of the molecule is Cc1cnc(C)c(NC2CCCCC2(C)C(=O)O)n1. The lowest BCUT2D eigenvalue weighted by atomic mass is 9.71. The smallest absolute Gasteiger partial charge is 0.311 e. The molecule has 5 heteroatoms. The van der Waals surface area contributed by atoms with E-state index >= 15 is 0 Å². The Morgan fingerprint density at radius 1 is 1.47 bits per heavy atom. The summed E-state index contributed by atoms with van der Waals surface area (Å²) in [6, 6.07) is -0.0893. The third-order valence-corrected chi connectivity index (χ3v) is 4.08. The highest BCUT2D eigenvalue weighted by Gasteiger charge is 2.43. The van der Waals surface area contributed by atoms with Crippen molar-refractivity contribution in [3.8, 4) is 0 Å². The van der Waals surface area contributed by atoms with Gasteiger partial charge in [0.1, 0.15) is 5.82 Å². The van der Waals surface area contributed by atoms with Crippen LogP contribution in [0.2, 0.25) is 0 Å². The molecule has 2 atom stereocenters. The quantitative estimate of drug-likeness (QED) is 0.876. The molecule has 1 saturated carbocycles. The molecule has 1 aliphatic carbocycles. The van der Waals surface area contributed by atoms with E-state index < -0.39 is 11.4 Å². The number of anilines is 1. The number of nitrogens with zero attached hydrogens (tertiary/aromatic N) is 2. The first-order chi connectivity index (χ1) is 8.93. The minimum absolute atomic E-state index is 0.0893. The van der Waals surface area contributed by atoms with Gasteiger partial charge in [-0.1, -0.05) is 12.8 Å². The van der Waals surface area contributed by atoms with E-state index in [2.05, 4.69) is 15.3 Å². The van der Waals surface area contributed by atoms with E-state index in [0.717, 1.165) is 30.7 Å². The molecule has 0 radical (unpaired) electrons. The first-order valence-electron chi connectivity index (χ1n) is 6.73. The Kier molecular flexibility index (Phi) is 3.73. The second kappa shape index (κ2) is 5.15. The number of carboxylic acid groups (broad SMARTS) is 1. The molecular formula is C14H21N3O2. The van der Waals surface area contributed by atoms with Crippen LogP contribution < -0.4 is 5.32 Å². The lowest BCUT2D eigenvalue weighted by molar-refractivity contribution is -0.150. The highest BCUT2D eigenvalue weighted by molar-refractivity contribution is 5.76. The predicted molar refractivity (Wildman–Crippen MR) is 73.1 cm³/mol. The highest BCUT2D eigenvalue weighted by Crippen LogP contribution is 2.38. The summed E-state index contributed by atoms with van der Waals surface area (Å²) in [5, 5.41) is 12.8. The van der Waals surface area contributed by atoms with Gasteiger partial charge in [-0.25, -0.2) is 4.98 Å². The predicted octanol–water partition coefficient (Wildman–Crippen LogP) is 2.54. The number of hydrogen-bond donors (Lipinski definition) is 2. The molecule has 2 rings (SSSR count). The molecule has 1 aromatic heterocycles. The maximum atomic E-state index is 11.6. The van der Waals surface area contributed by atoms with Crippen molar-refractivity contribution in [3.05, 3.63) is 17.6 Å². The molecule has 0 bridgehead atoms. The van der Waals surface area contributed by atoms with Gasteiger partial charge in [0.05, 0.1) is 16.8 Å². The van der Waals surface area contributed by atoms with Crippen molar-refractivity contribution < 1.29 is 9.90 Å². The summed E-state index contributed by atoms with van der Waals surface area (Å²) in [5.74, 6) is -0.0256. The number of aryl methyl sites for hydroxylation is 2. The van der Waals surface area contributed by atoms with Gasteiger partial charge in [0.15, 0.2) is 0 Å². The summed E-state index contributed by atoms with van der Waals surface area (Å²) >= 11 is 0. The second-order valence-corrected chi connectivity index (χ2v) is 5.61. The van der Waals surface area contributed by atoms with Crippen LogP contribution in [0.4, 0.5) is 5.82 Å². The largest absolute Gasteiger partial charge is 0.481 e. The molecule has 1 aromatic rings. The van der Waals surface area contributed by atoms with E-state index in [-0.39, 0.29) is 6.04 Å². The summed E-state index contributed by atoms with van der Waals surface area (Å²) in [7, 11) is 0.